The van der Waals surface area contributed by atoms with E-state index in [4.69, 9.17) is 9.47 Å². The zero-order valence-electron chi connectivity index (χ0n) is 15.3. The van der Waals surface area contributed by atoms with Crippen LogP contribution >= 0.6 is 11.3 Å². The van der Waals surface area contributed by atoms with Gasteiger partial charge in [-0.05, 0) is 43.3 Å². The van der Waals surface area contributed by atoms with Crippen LogP contribution in [0.4, 0.5) is 10.9 Å². The van der Waals surface area contributed by atoms with Gasteiger partial charge in [-0.15, -0.1) is 11.3 Å². The van der Waals surface area contributed by atoms with Crippen LogP contribution in [0.5, 0.6) is 11.5 Å². The molecule has 0 saturated heterocycles. The van der Waals surface area contributed by atoms with Gasteiger partial charge in [-0.3, -0.25) is 14.9 Å². The van der Waals surface area contributed by atoms with Crippen LogP contribution in [0.1, 0.15) is 27.8 Å². The maximum Gasteiger partial charge on any atom is 0.276 e. The number of methoxy groups -OCH3 is 1. The molecule has 144 valence electrons. The molecule has 1 aromatic carbocycles. The topological polar surface area (TPSA) is 102 Å². The first kappa shape index (κ1) is 19.3. The van der Waals surface area contributed by atoms with E-state index < -0.39 is 5.91 Å². The fourth-order valence-electron chi connectivity index (χ4n) is 2.28. The second-order valence-electron chi connectivity index (χ2n) is 5.46. The molecule has 3 aromatic rings. The fourth-order valence-corrected chi connectivity index (χ4v) is 2.96. The minimum absolute atomic E-state index is 0.170. The van der Waals surface area contributed by atoms with Gasteiger partial charge >= 0.3 is 0 Å². The summed E-state index contributed by atoms with van der Waals surface area (Å²) in [5, 5.41) is 7.21. The summed E-state index contributed by atoms with van der Waals surface area (Å²) in [6.45, 7) is 2.30. The van der Waals surface area contributed by atoms with Crippen molar-refractivity contribution in [3.63, 3.8) is 0 Å². The number of hydrogen-bond acceptors (Lipinski definition) is 7. The summed E-state index contributed by atoms with van der Waals surface area (Å²) >= 11 is 1.15. The van der Waals surface area contributed by atoms with Gasteiger partial charge in [-0.25, -0.2) is 9.97 Å². The van der Waals surface area contributed by atoms with Gasteiger partial charge in [0.05, 0.1) is 13.7 Å². The van der Waals surface area contributed by atoms with Crippen molar-refractivity contribution in [2.24, 2.45) is 0 Å². The van der Waals surface area contributed by atoms with Gasteiger partial charge in [0, 0.05) is 17.1 Å². The second-order valence-corrected chi connectivity index (χ2v) is 6.32. The first-order valence-corrected chi connectivity index (χ1v) is 9.28. The molecule has 2 aromatic heterocycles. The van der Waals surface area contributed by atoms with Crippen molar-refractivity contribution in [3.05, 3.63) is 59.2 Å². The average molecular weight is 398 g/mol. The first-order chi connectivity index (χ1) is 13.6. The Hall–Kier alpha value is -3.46. The van der Waals surface area contributed by atoms with Crippen LogP contribution in [0.3, 0.4) is 0 Å². The van der Waals surface area contributed by atoms with Gasteiger partial charge in [0.2, 0.25) is 0 Å². The molecule has 0 spiro atoms. The van der Waals surface area contributed by atoms with Crippen LogP contribution in [0.2, 0.25) is 0 Å². The molecular formula is C19H18N4O4S. The molecule has 0 atom stereocenters. The highest BCUT2D eigenvalue weighted by Gasteiger charge is 2.16. The fraction of sp³-hybridized carbons (Fsp3) is 0.158. The minimum atomic E-state index is -0.444. The number of pyridine rings is 1. The van der Waals surface area contributed by atoms with Crippen LogP contribution in [0.15, 0.2) is 48.0 Å². The van der Waals surface area contributed by atoms with Crippen LogP contribution in [-0.4, -0.2) is 35.5 Å². The zero-order chi connectivity index (χ0) is 19.9. The lowest BCUT2D eigenvalue weighted by Gasteiger charge is -2.08. The standard InChI is InChI=1S/C19H18N4O4S/c1-3-27-15-5-4-10-20-16(15)22-18(25)14-11-28-19(21-14)23-17(24)12-6-8-13(26-2)9-7-12/h4-11H,3H2,1-2H3,(H,20,22,25)(H,21,23,24). The van der Waals surface area contributed by atoms with E-state index in [1.165, 1.54) is 0 Å². The predicted octanol–water partition coefficient (Wildman–Crippen LogP) is 3.45. The van der Waals surface area contributed by atoms with Crippen LogP contribution in [0, 0.1) is 0 Å². The zero-order valence-corrected chi connectivity index (χ0v) is 16.1. The van der Waals surface area contributed by atoms with Crippen molar-refractivity contribution in [2.45, 2.75) is 6.92 Å². The quantitative estimate of drug-likeness (QED) is 0.632. The van der Waals surface area contributed by atoms with E-state index in [0.29, 0.717) is 34.6 Å². The molecule has 0 bridgehead atoms. The third-order valence-corrected chi connectivity index (χ3v) is 4.37. The van der Waals surface area contributed by atoms with Crippen LogP contribution in [0.25, 0.3) is 0 Å². The molecule has 9 heteroatoms. The van der Waals surface area contributed by atoms with E-state index in [2.05, 4.69) is 20.6 Å². The Morgan fingerprint density at radius 3 is 2.61 bits per heavy atom. The number of carbonyl (C=O) groups is 2. The normalized spacial score (nSPS) is 10.2. The van der Waals surface area contributed by atoms with Gasteiger partial charge in [0.25, 0.3) is 11.8 Å². The highest BCUT2D eigenvalue weighted by atomic mass is 32.1. The third-order valence-electron chi connectivity index (χ3n) is 3.61. The Kier molecular flexibility index (Phi) is 6.18. The highest BCUT2D eigenvalue weighted by Crippen LogP contribution is 2.23. The molecule has 0 fully saturated rings. The van der Waals surface area contributed by atoms with Crippen molar-refractivity contribution < 1.29 is 19.1 Å². The van der Waals surface area contributed by atoms with Gasteiger partial charge < -0.3 is 14.8 Å². The number of ether oxygens (including phenoxy) is 2. The maximum atomic E-state index is 12.4. The van der Waals surface area contributed by atoms with Crippen molar-refractivity contribution in [1.82, 2.24) is 9.97 Å². The Labute approximate surface area is 165 Å². The number of thiazole rings is 1. The molecule has 0 aliphatic heterocycles. The van der Waals surface area contributed by atoms with Gasteiger partial charge in [-0.2, -0.15) is 0 Å². The molecular weight excluding hydrogens is 380 g/mol. The van der Waals surface area contributed by atoms with E-state index in [1.54, 1.807) is 55.1 Å². The van der Waals surface area contributed by atoms with Crippen molar-refractivity contribution in [1.29, 1.82) is 0 Å². The smallest absolute Gasteiger partial charge is 0.276 e. The van der Waals surface area contributed by atoms with E-state index in [-0.39, 0.29) is 11.6 Å². The lowest BCUT2D eigenvalue weighted by Crippen LogP contribution is -2.15. The molecule has 8 nitrogen and oxygen atoms in total. The molecule has 28 heavy (non-hydrogen) atoms. The summed E-state index contributed by atoms with van der Waals surface area (Å²) < 4.78 is 10.5. The Morgan fingerprint density at radius 2 is 1.89 bits per heavy atom. The minimum Gasteiger partial charge on any atom is -0.497 e. The number of carbonyl (C=O) groups excluding carboxylic acids is 2. The summed E-state index contributed by atoms with van der Waals surface area (Å²) in [5.41, 5.74) is 0.625. The molecule has 0 aliphatic rings. The SMILES string of the molecule is CCOc1cccnc1NC(=O)c1csc(NC(=O)c2ccc(OC)cc2)n1. The highest BCUT2D eigenvalue weighted by molar-refractivity contribution is 7.14. The second kappa shape index (κ2) is 8.96. The lowest BCUT2D eigenvalue weighted by atomic mass is 10.2. The Bertz CT molecular complexity index is 972. The maximum absolute atomic E-state index is 12.4. The van der Waals surface area contributed by atoms with E-state index in [0.717, 1.165) is 11.3 Å². The van der Waals surface area contributed by atoms with Gasteiger partial charge in [0.15, 0.2) is 16.7 Å². The number of nitrogens with zero attached hydrogens (tertiary/aromatic N) is 2. The summed E-state index contributed by atoms with van der Waals surface area (Å²) in [6, 6.07) is 10.1. The first-order valence-electron chi connectivity index (χ1n) is 8.40. The molecule has 0 radical (unpaired) electrons. The number of amides is 2. The summed E-state index contributed by atoms with van der Waals surface area (Å²) in [4.78, 5) is 33.0. The van der Waals surface area contributed by atoms with Gasteiger partial charge in [-0.1, -0.05) is 0 Å². The van der Waals surface area contributed by atoms with E-state index in [9.17, 15) is 9.59 Å². The molecule has 0 unspecified atom stereocenters. The number of benzene rings is 1. The average Bonchev–Trinajstić information content (AvgIpc) is 3.18. The van der Waals surface area contributed by atoms with Crippen LogP contribution in [-0.2, 0) is 0 Å². The van der Waals surface area contributed by atoms with Crippen molar-refractivity contribution >= 4 is 34.1 Å². The molecule has 0 saturated carbocycles. The Morgan fingerprint density at radius 1 is 1.11 bits per heavy atom. The summed E-state index contributed by atoms with van der Waals surface area (Å²) in [5.74, 6) is 0.673. The molecule has 2 amide bonds. The van der Waals surface area contributed by atoms with Gasteiger partial charge in [0.1, 0.15) is 11.4 Å². The summed E-state index contributed by atoms with van der Waals surface area (Å²) in [6.07, 6.45) is 1.56. The molecule has 0 aliphatic carbocycles. The van der Waals surface area contributed by atoms with Crippen molar-refractivity contribution in [2.75, 3.05) is 24.4 Å². The lowest BCUT2D eigenvalue weighted by molar-refractivity contribution is 0.101. The van der Waals surface area contributed by atoms with Crippen molar-refractivity contribution in [3.8, 4) is 11.5 Å². The largest absolute Gasteiger partial charge is 0.497 e. The number of rotatable bonds is 7. The predicted molar refractivity (Wildman–Crippen MR) is 106 cm³/mol. The third kappa shape index (κ3) is 4.63. The molecule has 2 heterocycles. The number of aromatic nitrogens is 2. The summed E-state index contributed by atoms with van der Waals surface area (Å²) in [7, 11) is 1.56. The monoisotopic (exact) mass is 398 g/mol. The molecule has 2 N–H and O–H groups in total. The number of hydrogen-bond donors (Lipinski definition) is 2. The van der Waals surface area contributed by atoms with E-state index in [1.807, 2.05) is 6.92 Å². The van der Waals surface area contributed by atoms with Crippen LogP contribution < -0.4 is 20.1 Å². The number of anilines is 2. The molecule has 3 rings (SSSR count). The van der Waals surface area contributed by atoms with E-state index >= 15 is 0 Å². The number of nitrogens with one attached hydrogen (secondary N) is 2. The Balaban J connectivity index is 1.66.